The van der Waals surface area contributed by atoms with Crippen LogP contribution in [-0.4, -0.2) is 93.3 Å². The SMILES string of the molecule is CCCC(OC)Oc1ccccc1C(=O)NC[C@@H](C[C@H](N)[C@@H](O)C[C@H](C(=O)NCCCN1CCOCC1)C(C)C)C(C)C.Cl.Cl. The van der Waals surface area contributed by atoms with Crippen LogP contribution in [0.15, 0.2) is 24.3 Å². The molecule has 0 saturated carbocycles. The molecule has 45 heavy (non-hydrogen) atoms. The average molecular weight is 680 g/mol. The molecule has 12 heteroatoms. The minimum Gasteiger partial charge on any atom is -0.464 e. The zero-order valence-corrected chi connectivity index (χ0v) is 29.8. The summed E-state index contributed by atoms with van der Waals surface area (Å²) in [5, 5.41) is 17.2. The summed E-state index contributed by atoms with van der Waals surface area (Å²) in [5.74, 6) is 0.217. The van der Waals surface area contributed by atoms with Crippen molar-refractivity contribution in [3.8, 4) is 5.75 Å². The number of halogens is 2. The molecule has 1 aromatic rings. The largest absolute Gasteiger partial charge is 0.464 e. The van der Waals surface area contributed by atoms with Crippen LogP contribution >= 0.6 is 24.8 Å². The van der Waals surface area contributed by atoms with E-state index >= 15 is 0 Å². The number of amides is 2. The number of methoxy groups -OCH3 is 1. The minimum atomic E-state index is -0.831. The second-order valence-corrected chi connectivity index (χ2v) is 12.4. The molecule has 0 aromatic heterocycles. The third-order valence-corrected chi connectivity index (χ3v) is 8.41. The molecule has 0 aliphatic carbocycles. The number of hydrogen-bond acceptors (Lipinski definition) is 8. The van der Waals surface area contributed by atoms with Gasteiger partial charge in [0.15, 0.2) is 6.29 Å². The van der Waals surface area contributed by atoms with Crippen molar-refractivity contribution in [1.82, 2.24) is 15.5 Å². The van der Waals surface area contributed by atoms with E-state index < -0.39 is 18.4 Å². The van der Waals surface area contributed by atoms with Gasteiger partial charge in [-0.1, -0.05) is 53.2 Å². The first-order chi connectivity index (χ1) is 20.6. The Morgan fingerprint density at radius 1 is 1.04 bits per heavy atom. The van der Waals surface area contributed by atoms with Gasteiger partial charge in [0.25, 0.3) is 5.91 Å². The molecule has 1 aromatic carbocycles. The molecular formula is C33H60Cl2N4O6. The Morgan fingerprint density at radius 3 is 2.31 bits per heavy atom. The summed E-state index contributed by atoms with van der Waals surface area (Å²) in [6.07, 6.45) is 2.06. The molecule has 0 spiro atoms. The summed E-state index contributed by atoms with van der Waals surface area (Å²) in [6, 6.07) is 6.63. The molecule has 10 nitrogen and oxygen atoms in total. The topological polar surface area (TPSA) is 135 Å². The van der Waals surface area contributed by atoms with Gasteiger partial charge >= 0.3 is 0 Å². The molecule has 262 valence electrons. The van der Waals surface area contributed by atoms with Crippen molar-refractivity contribution in [2.45, 2.75) is 85.2 Å². The quantitative estimate of drug-likeness (QED) is 0.119. The van der Waals surface area contributed by atoms with Gasteiger partial charge < -0.3 is 35.7 Å². The van der Waals surface area contributed by atoms with E-state index in [9.17, 15) is 14.7 Å². The smallest absolute Gasteiger partial charge is 0.255 e. The van der Waals surface area contributed by atoms with Crippen molar-refractivity contribution in [2.75, 3.05) is 53.0 Å². The van der Waals surface area contributed by atoms with E-state index in [1.54, 1.807) is 25.3 Å². The van der Waals surface area contributed by atoms with E-state index in [-0.39, 0.29) is 60.3 Å². The van der Waals surface area contributed by atoms with E-state index in [1.165, 1.54) is 0 Å². The molecule has 1 aliphatic rings. The van der Waals surface area contributed by atoms with Gasteiger partial charge in [0.1, 0.15) is 5.75 Å². The molecule has 1 unspecified atom stereocenters. The molecule has 5 atom stereocenters. The normalized spacial score (nSPS) is 16.9. The number of nitrogens with two attached hydrogens (primary N) is 1. The Balaban J connectivity index is 0.00000968. The highest BCUT2D eigenvalue weighted by Gasteiger charge is 2.30. The van der Waals surface area contributed by atoms with Crippen molar-refractivity contribution < 1.29 is 28.9 Å². The highest BCUT2D eigenvalue weighted by molar-refractivity contribution is 5.96. The number of benzene rings is 1. The summed E-state index contributed by atoms with van der Waals surface area (Å²) >= 11 is 0. The maximum Gasteiger partial charge on any atom is 0.255 e. The Kier molecular flexibility index (Phi) is 22.8. The molecular weight excluding hydrogens is 619 g/mol. The van der Waals surface area contributed by atoms with Crippen molar-refractivity contribution in [3.05, 3.63) is 29.8 Å². The van der Waals surface area contributed by atoms with Crippen molar-refractivity contribution >= 4 is 36.6 Å². The molecule has 0 radical (unpaired) electrons. The predicted molar refractivity (Wildman–Crippen MR) is 184 cm³/mol. The van der Waals surface area contributed by atoms with Crippen molar-refractivity contribution in [3.63, 3.8) is 0 Å². The number of aliphatic hydroxyl groups excluding tert-OH is 1. The van der Waals surface area contributed by atoms with Gasteiger partial charge in [0, 0.05) is 51.7 Å². The molecule has 1 aliphatic heterocycles. The van der Waals surface area contributed by atoms with E-state index in [0.717, 1.165) is 52.1 Å². The zero-order chi connectivity index (χ0) is 31.8. The van der Waals surface area contributed by atoms with E-state index in [0.29, 0.717) is 37.2 Å². The lowest BCUT2D eigenvalue weighted by Crippen LogP contribution is -2.44. The van der Waals surface area contributed by atoms with Gasteiger partial charge in [-0.2, -0.15) is 0 Å². The maximum absolute atomic E-state index is 13.2. The molecule has 0 bridgehead atoms. The lowest BCUT2D eigenvalue weighted by Gasteiger charge is -2.30. The summed E-state index contributed by atoms with van der Waals surface area (Å²) in [6.45, 7) is 15.6. The molecule has 1 saturated heterocycles. The second-order valence-electron chi connectivity index (χ2n) is 12.4. The number of aliphatic hydroxyl groups is 1. The lowest BCUT2D eigenvalue weighted by molar-refractivity contribution is -0.127. The van der Waals surface area contributed by atoms with Gasteiger partial charge in [-0.15, -0.1) is 24.8 Å². The first-order valence-electron chi connectivity index (χ1n) is 16.1. The summed E-state index contributed by atoms with van der Waals surface area (Å²) in [5.41, 5.74) is 6.95. The van der Waals surface area contributed by atoms with E-state index in [4.69, 9.17) is 19.9 Å². The van der Waals surface area contributed by atoms with Crippen LogP contribution in [0.3, 0.4) is 0 Å². The van der Waals surface area contributed by atoms with Gasteiger partial charge in [0.05, 0.1) is 24.9 Å². The number of hydrogen-bond donors (Lipinski definition) is 4. The number of ether oxygens (including phenoxy) is 3. The van der Waals surface area contributed by atoms with Crippen molar-refractivity contribution in [2.24, 2.45) is 29.4 Å². The van der Waals surface area contributed by atoms with Crippen LogP contribution in [0.25, 0.3) is 0 Å². The number of rotatable bonds is 20. The van der Waals surface area contributed by atoms with Crippen LogP contribution in [0.1, 0.15) is 77.1 Å². The zero-order valence-electron chi connectivity index (χ0n) is 28.2. The van der Waals surface area contributed by atoms with Gasteiger partial charge in [-0.05, 0) is 55.7 Å². The number of morpholine rings is 1. The van der Waals surface area contributed by atoms with Crippen LogP contribution < -0.4 is 21.1 Å². The Morgan fingerprint density at radius 2 is 1.71 bits per heavy atom. The minimum absolute atomic E-state index is 0. The molecule has 1 fully saturated rings. The van der Waals surface area contributed by atoms with Gasteiger partial charge in [0.2, 0.25) is 5.91 Å². The Hall–Kier alpha value is -1.66. The summed E-state index contributed by atoms with van der Waals surface area (Å²) in [7, 11) is 1.59. The maximum atomic E-state index is 13.2. The number of carbonyl (C=O) groups is 2. The predicted octanol–water partition coefficient (Wildman–Crippen LogP) is 4.26. The second kappa shape index (κ2) is 23.6. The number of nitrogens with zero attached hydrogens (tertiary/aromatic N) is 1. The van der Waals surface area contributed by atoms with Crippen LogP contribution in [0.5, 0.6) is 5.75 Å². The number of carbonyl (C=O) groups excluding carboxylic acids is 2. The Labute approximate surface area is 283 Å². The van der Waals surface area contributed by atoms with Crippen LogP contribution in [0, 0.1) is 23.7 Å². The first-order valence-corrected chi connectivity index (χ1v) is 16.1. The highest BCUT2D eigenvalue weighted by Crippen LogP contribution is 2.24. The summed E-state index contributed by atoms with van der Waals surface area (Å²) < 4.78 is 16.8. The number of nitrogens with one attached hydrogen (secondary N) is 2. The Bertz CT molecular complexity index is 952. The monoisotopic (exact) mass is 678 g/mol. The van der Waals surface area contributed by atoms with Crippen LogP contribution in [-0.2, 0) is 14.3 Å². The molecule has 1 heterocycles. The standard InChI is InChI=1S/C33H58N4O6.2ClH/c1-7-11-31(41-6)43-30-13-9-8-12-26(30)32(39)36-22-25(23(2)3)20-28(34)29(38)21-27(24(4)5)33(40)35-14-10-15-37-16-18-42-19-17-37;;/h8-9,12-13,23-25,27-29,31,38H,7,10-11,14-22,34H2,1-6H3,(H,35,40)(H,36,39);2*1H/t25-,27+,28+,29+,31?;;/m1../s1. The molecule has 2 rings (SSSR count). The molecule has 2 amide bonds. The van der Waals surface area contributed by atoms with Crippen LogP contribution in [0.4, 0.5) is 0 Å². The fourth-order valence-corrected chi connectivity index (χ4v) is 5.36. The van der Waals surface area contributed by atoms with Crippen LogP contribution in [0.2, 0.25) is 0 Å². The lowest BCUT2D eigenvalue weighted by atomic mass is 9.83. The highest BCUT2D eigenvalue weighted by atomic mass is 35.5. The van der Waals surface area contributed by atoms with Gasteiger partial charge in [-0.3, -0.25) is 14.5 Å². The third-order valence-electron chi connectivity index (χ3n) is 8.41. The van der Waals surface area contributed by atoms with E-state index in [2.05, 4.69) is 29.4 Å². The van der Waals surface area contributed by atoms with Gasteiger partial charge in [-0.25, -0.2) is 0 Å². The fourth-order valence-electron chi connectivity index (χ4n) is 5.36. The number of para-hydroxylation sites is 1. The van der Waals surface area contributed by atoms with E-state index in [1.807, 2.05) is 26.8 Å². The third kappa shape index (κ3) is 15.7. The average Bonchev–Trinajstić information content (AvgIpc) is 2.99. The summed E-state index contributed by atoms with van der Waals surface area (Å²) in [4.78, 5) is 28.5. The van der Waals surface area contributed by atoms with Crippen molar-refractivity contribution in [1.29, 1.82) is 0 Å². The first kappa shape index (κ1) is 43.3. The molecule has 5 N–H and O–H groups in total. The fraction of sp³-hybridized carbons (Fsp3) is 0.758.